The van der Waals surface area contributed by atoms with Crippen LogP contribution in [0.2, 0.25) is 0 Å². The lowest BCUT2D eigenvalue weighted by Crippen LogP contribution is -2.24. The SMILES string of the molecule is CCCCCCCCCNC(=O)c1cc([N+](=O)[O-])cc([N+](=O)[O-])c1. The average molecular weight is 337 g/mol. The molecule has 0 aliphatic heterocycles. The van der Waals surface area contributed by atoms with E-state index < -0.39 is 27.1 Å². The van der Waals surface area contributed by atoms with Gasteiger partial charge in [0.1, 0.15) is 0 Å². The summed E-state index contributed by atoms with van der Waals surface area (Å²) in [6, 6.07) is 2.94. The largest absolute Gasteiger partial charge is 0.352 e. The van der Waals surface area contributed by atoms with Gasteiger partial charge in [0.25, 0.3) is 17.3 Å². The number of non-ortho nitro benzene ring substituents is 2. The maximum absolute atomic E-state index is 12.0. The third-order valence-electron chi connectivity index (χ3n) is 3.65. The zero-order chi connectivity index (χ0) is 17.9. The number of nitro benzene ring substituents is 2. The first-order valence-electron chi connectivity index (χ1n) is 8.17. The molecule has 24 heavy (non-hydrogen) atoms. The highest BCUT2D eigenvalue weighted by Gasteiger charge is 2.19. The predicted octanol–water partition coefficient (Wildman–Crippen LogP) is 3.98. The Hall–Kier alpha value is -2.51. The third-order valence-corrected chi connectivity index (χ3v) is 3.65. The summed E-state index contributed by atoms with van der Waals surface area (Å²) >= 11 is 0. The first-order valence-corrected chi connectivity index (χ1v) is 8.17. The minimum Gasteiger partial charge on any atom is -0.352 e. The Bertz CT molecular complexity index is 557. The van der Waals surface area contributed by atoms with Crippen LogP contribution in [0.25, 0.3) is 0 Å². The number of benzene rings is 1. The molecule has 0 saturated heterocycles. The van der Waals surface area contributed by atoms with Crippen molar-refractivity contribution in [3.63, 3.8) is 0 Å². The Labute approximate surface area is 140 Å². The maximum Gasteiger partial charge on any atom is 0.277 e. The van der Waals surface area contributed by atoms with Crippen LogP contribution in [0.3, 0.4) is 0 Å². The molecule has 0 radical (unpaired) electrons. The Morgan fingerprint density at radius 3 is 1.92 bits per heavy atom. The monoisotopic (exact) mass is 337 g/mol. The van der Waals surface area contributed by atoms with Crippen LogP contribution >= 0.6 is 0 Å². The van der Waals surface area contributed by atoms with Gasteiger partial charge in [-0.25, -0.2) is 0 Å². The standard InChI is InChI=1S/C16H23N3O5/c1-2-3-4-5-6-7-8-9-17-16(20)13-10-14(18(21)22)12-15(11-13)19(23)24/h10-12H,2-9H2,1H3,(H,17,20). The third kappa shape index (κ3) is 6.72. The molecule has 0 spiro atoms. The highest BCUT2D eigenvalue weighted by molar-refractivity contribution is 5.95. The molecule has 0 fully saturated rings. The summed E-state index contributed by atoms with van der Waals surface area (Å²) in [5.41, 5.74) is -1.01. The number of nitrogens with one attached hydrogen (secondary N) is 1. The number of carbonyl (C=O) groups is 1. The fourth-order valence-electron chi connectivity index (χ4n) is 2.32. The maximum atomic E-state index is 12.0. The average Bonchev–Trinajstić information content (AvgIpc) is 2.56. The van der Waals surface area contributed by atoms with E-state index in [1.54, 1.807) is 0 Å². The van der Waals surface area contributed by atoms with Gasteiger partial charge in [0.15, 0.2) is 0 Å². The van der Waals surface area contributed by atoms with E-state index in [2.05, 4.69) is 12.2 Å². The fourth-order valence-corrected chi connectivity index (χ4v) is 2.32. The van der Waals surface area contributed by atoms with Crippen molar-refractivity contribution in [1.29, 1.82) is 0 Å². The number of unbranched alkanes of at least 4 members (excludes halogenated alkanes) is 6. The van der Waals surface area contributed by atoms with E-state index in [0.29, 0.717) is 6.54 Å². The summed E-state index contributed by atoms with van der Waals surface area (Å²) in [5.74, 6) is -0.534. The molecule has 8 nitrogen and oxygen atoms in total. The Morgan fingerprint density at radius 2 is 1.42 bits per heavy atom. The van der Waals surface area contributed by atoms with E-state index in [4.69, 9.17) is 0 Å². The van der Waals surface area contributed by atoms with Crippen LogP contribution in [0.5, 0.6) is 0 Å². The number of nitrogens with zero attached hydrogens (tertiary/aromatic N) is 2. The molecule has 8 heteroatoms. The lowest BCUT2D eigenvalue weighted by Gasteiger charge is -2.05. The second-order valence-electron chi connectivity index (χ2n) is 5.63. The Morgan fingerprint density at radius 1 is 0.917 bits per heavy atom. The van der Waals surface area contributed by atoms with Crippen molar-refractivity contribution in [3.8, 4) is 0 Å². The zero-order valence-electron chi connectivity index (χ0n) is 13.8. The van der Waals surface area contributed by atoms with Gasteiger partial charge in [0, 0.05) is 18.7 Å². The van der Waals surface area contributed by atoms with Crippen molar-refractivity contribution < 1.29 is 14.6 Å². The van der Waals surface area contributed by atoms with Gasteiger partial charge < -0.3 is 5.32 Å². The summed E-state index contributed by atoms with van der Waals surface area (Å²) < 4.78 is 0. The topological polar surface area (TPSA) is 115 Å². The van der Waals surface area contributed by atoms with Crippen molar-refractivity contribution in [2.75, 3.05) is 6.54 Å². The molecule has 0 aliphatic rings. The van der Waals surface area contributed by atoms with Crippen LogP contribution in [-0.2, 0) is 0 Å². The zero-order valence-corrected chi connectivity index (χ0v) is 13.8. The van der Waals surface area contributed by atoms with Crippen LogP contribution < -0.4 is 5.32 Å². The molecule has 1 aromatic carbocycles. The summed E-state index contributed by atoms with van der Waals surface area (Å²) in [7, 11) is 0. The summed E-state index contributed by atoms with van der Waals surface area (Å²) in [5, 5.41) is 24.3. The molecule has 1 aromatic rings. The van der Waals surface area contributed by atoms with Gasteiger partial charge in [0.2, 0.25) is 0 Å². The number of nitro groups is 2. The van der Waals surface area contributed by atoms with E-state index in [1.165, 1.54) is 25.7 Å². The summed E-state index contributed by atoms with van der Waals surface area (Å²) in [6.45, 7) is 2.61. The second-order valence-corrected chi connectivity index (χ2v) is 5.63. The van der Waals surface area contributed by atoms with Crippen molar-refractivity contribution in [2.45, 2.75) is 51.9 Å². The van der Waals surface area contributed by atoms with E-state index in [0.717, 1.165) is 37.5 Å². The molecule has 1 rings (SSSR count). The molecule has 1 amide bonds. The van der Waals surface area contributed by atoms with E-state index in [-0.39, 0.29) is 5.56 Å². The van der Waals surface area contributed by atoms with Gasteiger partial charge in [0.05, 0.1) is 21.5 Å². The van der Waals surface area contributed by atoms with Gasteiger partial charge in [-0.05, 0) is 6.42 Å². The van der Waals surface area contributed by atoms with Crippen LogP contribution in [0.15, 0.2) is 18.2 Å². The number of carbonyl (C=O) groups excluding carboxylic acids is 1. The molecular formula is C16H23N3O5. The highest BCUT2D eigenvalue weighted by Crippen LogP contribution is 2.22. The molecule has 132 valence electrons. The molecule has 1 N–H and O–H groups in total. The number of hydrogen-bond donors (Lipinski definition) is 1. The van der Waals surface area contributed by atoms with Crippen molar-refractivity contribution >= 4 is 17.3 Å². The lowest BCUT2D eigenvalue weighted by molar-refractivity contribution is -0.394. The number of rotatable bonds is 11. The number of amides is 1. The van der Waals surface area contributed by atoms with Crippen molar-refractivity contribution in [1.82, 2.24) is 5.32 Å². The molecule has 0 bridgehead atoms. The Kier molecular flexibility index (Phi) is 8.38. The highest BCUT2D eigenvalue weighted by atomic mass is 16.6. The van der Waals surface area contributed by atoms with Crippen LogP contribution in [0.1, 0.15) is 62.2 Å². The molecule has 0 unspecified atom stereocenters. The normalized spacial score (nSPS) is 10.4. The van der Waals surface area contributed by atoms with Gasteiger partial charge in [-0.2, -0.15) is 0 Å². The lowest BCUT2D eigenvalue weighted by atomic mass is 10.1. The van der Waals surface area contributed by atoms with E-state index >= 15 is 0 Å². The summed E-state index contributed by atoms with van der Waals surface area (Å²) in [6.07, 6.45) is 7.76. The molecule has 0 atom stereocenters. The molecule has 0 aliphatic carbocycles. The molecular weight excluding hydrogens is 314 g/mol. The summed E-state index contributed by atoms with van der Waals surface area (Å²) in [4.78, 5) is 32.1. The van der Waals surface area contributed by atoms with E-state index in [9.17, 15) is 25.0 Å². The van der Waals surface area contributed by atoms with Crippen molar-refractivity contribution in [3.05, 3.63) is 44.0 Å². The van der Waals surface area contributed by atoms with Crippen LogP contribution in [-0.4, -0.2) is 22.3 Å². The molecule has 0 heterocycles. The van der Waals surface area contributed by atoms with Gasteiger partial charge in [-0.3, -0.25) is 25.0 Å². The van der Waals surface area contributed by atoms with E-state index in [1.807, 2.05) is 0 Å². The van der Waals surface area contributed by atoms with Gasteiger partial charge in [-0.15, -0.1) is 0 Å². The van der Waals surface area contributed by atoms with Crippen LogP contribution in [0, 0.1) is 20.2 Å². The van der Waals surface area contributed by atoms with Crippen molar-refractivity contribution in [2.24, 2.45) is 0 Å². The quantitative estimate of drug-likeness (QED) is 0.372. The predicted molar refractivity (Wildman–Crippen MR) is 90.1 cm³/mol. The first kappa shape index (κ1) is 19.5. The fraction of sp³-hybridized carbons (Fsp3) is 0.562. The molecule has 0 saturated carbocycles. The minimum atomic E-state index is -0.750. The second kappa shape index (κ2) is 10.3. The smallest absolute Gasteiger partial charge is 0.277 e. The van der Waals surface area contributed by atoms with Gasteiger partial charge in [-0.1, -0.05) is 45.4 Å². The first-order chi connectivity index (χ1) is 11.5. The van der Waals surface area contributed by atoms with Crippen LogP contribution in [0.4, 0.5) is 11.4 Å². The molecule has 0 aromatic heterocycles. The minimum absolute atomic E-state index is 0.0705. The van der Waals surface area contributed by atoms with Gasteiger partial charge >= 0.3 is 0 Å². The number of hydrogen-bond acceptors (Lipinski definition) is 5. The Balaban J connectivity index is 2.49.